The van der Waals surface area contributed by atoms with Crippen molar-refractivity contribution in [3.05, 3.63) is 23.9 Å². The van der Waals surface area contributed by atoms with Gasteiger partial charge in [-0.3, -0.25) is 0 Å². The van der Waals surface area contributed by atoms with Gasteiger partial charge in [0, 0.05) is 53.5 Å². The summed E-state index contributed by atoms with van der Waals surface area (Å²) < 4.78 is 10.1. The fourth-order valence-electron chi connectivity index (χ4n) is 2.27. The van der Waals surface area contributed by atoms with Crippen molar-refractivity contribution in [1.29, 1.82) is 0 Å². The van der Waals surface area contributed by atoms with Crippen molar-refractivity contribution < 1.29 is 19.7 Å². The number of methoxy groups -OCH3 is 2. The topological polar surface area (TPSA) is 77.5 Å². The first-order valence-electron chi connectivity index (χ1n) is 12.1. The fraction of sp³-hybridized carbons (Fsp3) is 0.846. The predicted octanol–water partition coefficient (Wildman–Crippen LogP) is 1.11. The molecule has 9 heteroatoms. The quantitative estimate of drug-likeness (QED) is 0.226. The van der Waals surface area contributed by atoms with Gasteiger partial charge in [-0.2, -0.15) is 0 Å². The zero-order valence-electron chi connectivity index (χ0n) is 24.9. The van der Waals surface area contributed by atoms with Crippen LogP contribution in [0, 0.1) is 10.8 Å². The molecule has 0 fully saturated rings. The molecule has 0 radical (unpaired) electrons. The Kier molecular flexibility index (Phi) is 23.7. The summed E-state index contributed by atoms with van der Waals surface area (Å²) in [6.07, 6.45) is 3.45. The van der Waals surface area contributed by atoms with E-state index in [1.807, 2.05) is 79.5 Å². The summed E-state index contributed by atoms with van der Waals surface area (Å²) in [5.41, 5.74) is -0.632. The first-order valence-corrected chi connectivity index (χ1v) is 12.1. The van der Waals surface area contributed by atoms with Crippen molar-refractivity contribution in [3.63, 3.8) is 0 Å². The normalized spacial score (nSPS) is 12.9. The smallest absolute Gasteiger partial charge is 0.874 e. The van der Waals surface area contributed by atoms with Gasteiger partial charge in [0.1, 0.15) is 0 Å². The third-order valence-corrected chi connectivity index (χ3v) is 4.91. The summed E-state index contributed by atoms with van der Waals surface area (Å²) in [5, 5.41) is 23.9. The zero-order chi connectivity index (χ0) is 26.9. The van der Waals surface area contributed by atoms with Crippen LogP contribution in [0.3, 0.4) is 0 Å². The Bertz CT molecular complexity index is 521. The standard InChI is InChI=1S/2C13H28N2O2.Sr/c2*1-13(2,3)12(16)11-15(9-10-17-6)8-7-14(4)5;/h2*11,16H,7-10H2,1-6H3;/q;;+2/p-2/b2*12-11-;. The first kappa shape index (κ1) is 39.5. The Labute approximate surface area is 254 Å². The molecular weight excluding hydrogens is 520 g/mol. The average Bonchev–Trinajstić information content (AvgIpc) is 2.70. The second-order valence-electron chi connectivity index (χ2n) is 11.2. The van der Waals surface area contributed by atoms with E-state index in [2.05, 4.69) is 9.80 Å². The van der Waals surface area contributed by atoms with Crippen LogP contribution >= 0.6 is 0 Å². The van der Waals surface area contributed by atoms with E-state index in [1.165, 1.54) is 0 Å². The van der Waals surface area contributed by atoms with Crippen LogP contribution in [0.25, 0.3) is 0 Å². The van der Waals surface area contributed by atoms with E-state index in [4.69, 9.17) is 9.47 Å². The Balaban J connectivity index is -0.000000569. The molecule has 35 heavy (non-hydrogen) atoms. The van der Waals surface area contributed by atoms with Crippen LogP contribution in [-0.4, -0.2) is 160 Å². The summed E-state index contributed by atoms with van der Waals surface area (Å²) in [7, 11) is 11.5. The maximum Gasteiger partial charge on any atom is 2.00 e. The van der Waals surface area contributed by atoms with Crippen LogP contribution in [0.1, 0.15) is 41.5 Å². The number of hydrogen-bond donors (Lipinski definition) is 0. The molecule has 0 heterocycles. The first-order chi connectivity index (χ1) is 15.5. The summed E-state index contributed by atoms with van der Waals surface area (Å²) in [4.78, 5) is 8.29. The molecule has 0 N–H and O–H groups in total. The van der Waals surface area contributed by atoms with Gasteiger partial charge in [-0.25, -0.2) is 0 Å². The molecular formula is C26H54N4O4Sr. The molecule has 0 aromatic rings. The zero-order valence-corrected chi connectivity index (χ0v) is 28.4. The number of likely N-dealkylation sites (N-methyl/N-ethyl adjacent to an activating group) is 2. The van der Waals surface area contributed by atoms with Crippen LogP contribution in [-0.2, 0) is 9.47 Å². The van der Waals surface area contributed by atoms with Gasteiger partial charge in [-0.15, -0.1) is 11.5 Å². The molecule has 8 nitrogen and oxygen atoms in total. The van der Waals surface area contributed by atoms with Crippen molar-refractivity contribution in [2.45, 2.75) is 41.5 Å². The fourth-order valence-corrected chi connectivity index (χ4v) is 2.27. The number of nitrogens with zero attached hydrogens (tertiary/aromatic N) is 4. The van der Waals surface area contributed by atoms with Gasteiger partial charge in [0.2, 0.25) is 0 Å². The third kappa shape index (κ3) is 24.1. The minimum atomic E-state index is -0.316. The molecule has 0 rings (SSSR count). The predicted molar refractivity (Wildman–Crippen MR) is 145 cm³/mol. The van der Waals surface area contributed by atoms with E-state index in [9.17, 15) is 10.2 Å². The van der Waals surface area contributed by atoms with Crippen LogP contribution in [0.5, 0.6) is 0 Å². The molecule has 0 saturated heterocycles. The van der Waals surface area contributed by atoms with Crippen LogP contribution < -0.4 is 10.2 Å². The van der Waals surface area contributed by atoms with Gasteiger partial charge < -0.3 is 39.3 Å². The molecule has 0 aromatic heterocycles. The minimum Gasteiger partial charge on any atom is -0.874 e. The Morgan fingerprint density at radius 1 is 0.600 bits per heavy atom. The number of ether oxygens (including phenoxy) is 2. The van der Waals surface area contributed by atoms with Crippen molar-refractivity contribution in [2.75, 3.05) is 94.9 Å². The van der Waals surface area contributed by atoms with Gasteiger partial charge in [0.05, 0.1) is 13.2 Å². The molecule has 0 bridgehead atoms. The number of hydrogen-bond acceptors (Lipinski definition) is 8. The SMILES string of the molecule is COCCN(/C=C(\[O-])C(C)(C)C)CCN(C)C.COCCN(/C=C(\[O-])C(C)(C)C)CCN(C)C.[Sr+2]. The molecule has 0 aliphatic rings. The van der Waals surface area contributed by atoms with E-state index in [0.717, 1.165) is 39.3 Å². The summed E-state index contributed by atoms with van der Waals surface area (Å²) in [6.45, 7) is 18.0. The van der Waals surface area contributed by atoms with Gasteiger partial charge >= 0.3 is 45.5 Å². The molecule has 0 saturated carbocycles. The average molecular weight is 574 g/mol. The Morgan fingerprint density at radius 2 is 0.886 bits per heavy atom. The second-order valence-corrected chi connectivity index (χ2v) is 11.2. The monoisotopic (exact) mass is 574 g/mol. The van der Waals surface area contributed by atoms with E-state index >= 15 is 0 Å². The summed E-state index contributed by atoms with van der Waals surface area (Å²) in [5.74, 6) is 0.319. The Hall–Kier alpha value is 0.000519. The molecule has 0 amide bonds. The van der Waals surface area contributed by atoms with Crippen LogP contribution in [0.15, 0.2) is 23.9 Å². The molecule has 0 aliphatic heterocycles. The molecule has 204 valence electrons. The van der Waals surface area contributed by atoms with Gasteiger partial charge in [0.25, 0.3) is 0 Å². The maximum absolute atomic E-state index is 11.9. The number of allylic oxidation sites excluding steroid dienone is 2. The van der Waals surface area contributed by atoms with Gasteiger partial charge in [-0.1, -0.05) is 41.5 Å². The van der Waals surface area contributed by atoms with Crippen molar-refractivity contribution >= 4 is 45.5 Å². The van der Waals surface area contributed by atoms with E-state index < -0.39 is 0 Å². The molecule has 0 atom stereocenters. The molecule has 0 aliphatic carbocycles. The van der Waals surface area contributed by atoms with Crippen LogP contribution in [0.2, 0.25) is 0 Å². The van der Waals surface area contributed by atoms with Crippen molar-refractivity contribution in [1.82, 2.24) is 19.6 Å². The molecule has 0 spiro atoms. The minimum absolute atomic E-state index is 0. The third-order valence-electron chi connectivity index (χ3n) is 4.91. The van der Waals surface area contributed by atoms with Gasteiger partial charge in [0.15, 0.2) is 0 Å². The maximum atomic E-state index is 11.9. The van der Waals surface area contributed by atoms with Crippen molar-refractivity contribution in [2.24, 2.45) is 10.8 Å². The summed E-state index contributed by atoms with van der Waals surface area (Å²) >= 11 is 0. The molecule has 0 unspecified atom stereocenters. The van der Waals surface area contributed by atoms with Gasteiger partial charge in [-0.05, 0) is 51.4 Å². The largest absolute Gasteiger partial charge is 2.00 e. The van der Waals surface area contributed by atoms with E-state index in [-0.39, 0.29) is 67.8 Å². The van der Waals surface area contributed by atoms with Crippen LogP contribution in [0.4, 0.5) is 0 Å². The Morgan fingerprint density at radius 3 is 1.09 bits per heavy atom. The number of rotatable bonds is 14. The molecule has 0 aromatic carbocycles. The van der Waals surface area contributed by atoms with E-state index in [0.29, 0.717) is 13.2 Å². The van der Waals surface area contributed by atoms with E-state index in [1.54, 1.807) is 26.6 Å². The second kappa shape index (κ2) is 21.0. The van der Waals surface area contributed by atoms with Crippen molar-refractivity contribution in [3.8, 4) is 0 Å². The summed E-state index contributed by atoms with van der Waals surface area (Å²) in [6, 6.07) is 0.